The van der Waals surface area contributed by atoms with Crippen LogP contribution in [0.3, 0.4) is 0 Å². The van der Waals surface area contributed by atoms with Crippen LogP contribution in [0.2, 0.25) is 0 Å². The maximum absolute atomic E-state index is 11.8. The molecule has 0 unspecified atom stereocenters. The van der Waals surface area contributed by atoms with Gasteiger partial charge in [0.05, 0.1) is 6.10 Å². The smallest absolute Gasteiger partial charge is 0.222 e. The Balaban J connectivity index is 1.23. The van der Waals surface area contributed by atoms with Gasteiger partial charge < -0.3 is 15.0 Å². The largest absolute Gasteiger partial charge is 0.376 e. The molecule has 27 heavy (non-hydrogen) atoms. The minimum Gasteiger partial charge on any atom is -0.376 e. The number of hydrogen-bond donors (Lipinski definition) is 1. The third kappa shape index (κ3) is 4.58. The van der Waals surface area contributed by atoms with Crippen molar-refractivity contribution in [2.24, 2.45) is 5.41 Å². The number of piperidine rings is 2. The van der Waals surface area contributed by atoms with Gasteiger partial charge >= 0.3 is 0 Å². The van der Waals surface area contributed by atoms with Gasteiger partial charge in [-0.1, -0.05) is 0 Å². The second kappa shape index (κ2) is 8.10. The molecule has 1 N–H and O–H groups in total. The summed E-state index contributed by atoms with van der Waals surface area (Å²) in [6.45, 7) is 5.65. The van der Waals surface area contributed by atoms with Crippen molar-refractivity contribution in [1.82, 2.24) is 19.8 Å². The van der Waals surface area contributed by atoms with Crippen LogP contribution in [0.5, 0.6) is 0 Å². The molecule has 0 radical (unpaired) electrons. The number of ether oxygens (including phenoxy) is 1. The van der Waals surface area contributed by atoms with E-state index >= 15 is 0 Å². The molecule has 1 spiro atoms. The standard InChI is InChI=1S/C20H31N5O2/c1-24-15-20(5-4-18(24)26)6-8-25(9-7-20)14-16-11-21-19(22-12-16)23-13-17-3-2-10-27-17/h11-12,17H,2-10,13-15H2,1H3,(H,21,22,23)/t17-/m1/s1. The number of likely N-dealkylation sites (tertiary alicyclic amines) is 2. The van der Waals surface area contributed by atoms with Gasteiger partial charge in [0, 0.05) is 57.7 Å². The number of carbonyl (C=O) groups is 1. The van der Waals surface area contributed by atoms with Crippen LogP contribution in [0.25, 0.3) is 0 Å². The van der Waals surface area contributed by atoms with Crippen molar-refractivity contribution in [2.45, 2.75) is 51.2 Å². The van der Waals surface area contributed by atoms with Crippen LogP contribution in [-0.4, -0.2) is 71.6 Å². The zero-order chi connectivity index (χ0) is 18.7. The lowest BCUT2D eigenvalue weighted by Crippen LogP contribution is -2.50. The molecule has 3 fully saturated rings. The van der Waals surface area contributed by atoms with Gasteiger partial charge in [0.15, 0.2) is 0 Å². The summed E-state index contributed by atoms with van der Waals surface area (Å²) in [5.74, 6) is 0.982. The Hall–Kier alpha value is -1.73. The summed E-state index contributed by atoms with van der Waals surface area (Å²) < 4.78 is 5.61. The monoisotopic (exact) mass is 373 g/mol. The predicted molar refractivity (Wildman–Crippen MR) is 103 cm³/mol. The Morgan fingerprint density at radius 1 is 1.26 bits per heavy atom. The second-order valence-corrected chi connectivity index (χ2v) is 8.46. The van der Waals surface area contributed by atoms with Crippen LogP contribution in [0.15, 0.2) is 12.4 Å². The van der Waals surface area contributed by atoms with Crippen molar-refractivity contribution < 1.29 is 9.53 Å². The third-order valence-corrected chi connectivity index (χ3v) is 6.41. The molecule has 1 aromatic rings. The molecule has 1 aromatic heterocycles. The van der Waals surface area contributed by atoms with Crippen molar-refractivity contribution >= 4 is 11.9 Å². The highest BCUT2D eigenvalue weighted by Gasteiger charge is 2.39. The third-order valence-electron chi connectivity index (χ3n) is 6.41. The molecular formula is C20H31N5O2. The Morgan fingerprint density at radius 2 is 2.04 bits per heavy atom. The van der Waals surface area contributed by atoms with Crippen molar-refractivity contribution in [3.8, 4) is 0 Å². The first-order chi connectivity index (χ1) is 13.1. The average molecular weight is 374 g/mol. The van der Waals surface area contributed by atoms with E-state index in [-0.39, 0.29) is 0 Å². The van der Waals surface area contributed by atoms with Crippen molar-refractivity contribution in [2.75, 3.05) is 45.2 Å². The molecule has 7 nitrogen and oxygen atoms in total. The van der Waals surface area contributed by atoms with Crippen LogP contribution >= 0.6 is 0 Å². The molecule has 0 saturated carbocycles. The summed E-state index contributed by atoms with van der Waals surface area (Å²) in [7, 11) is 1.95. The molecule has 3 aliphatic rings. The number of hydrogen-bond acceptors (Lipinski definition) is 6. The highest BCUT2D eigenvalue weighted by Crippen LogP contribution is 2.39. The lowest BCUT2D eigenvalue weighted by atomic mass is 9.72. The number of aromatic nitrogens is 2. The zero-order valence-electron chi connectivity index (χ0n) is 16.3. The van der Waals surface area contributed by atoms with Crippen LogP contribution in [0, 0.1) is 5.41 Å². The highest BCUT2D eigenvalue weighted by atomic mass is 16.5. The van der Waals surface area contributed by atoms with Gasteiger partial charge in [-0.15, -0.1) is 0 Å². The van der Waals surface area contributed by atoms with Crippen molar-refractivity contribution in [3.63, 3.8) is 0 Å². The molecule has 0 aromatic carbocycles. The molecular weight excluding hydrogens is 342 g/mol. The molecule has 1 amide bonds. The Bertz CT molecular complexity index is 636. The van der Waals surface area contributed by atoms with E-state index in [4.69, 9.17) is 4.74 Å². The van der Waals surface area contributed by atoms with E-state index in [2.05, 4.69) is 20.2 Å². The Labute approximate surface area is 161 Å². The fraction of sp³-hybridized carbons (Fsp3) is 0.750. The highest BCUT2D eigenvalue weighted by molar-refractivity contribution is 5.76. The minimum absolute atomic E-state index is 0.295. The second-order valence-electron chi connectivity index (χ2n) is 8.46. The molecule has 3 aliphatic heterocycles. The summed E-state index contributed by atoms with van der Waals surface area (Å²) in [6.07, 6.45) is 10.5. The fourth-order valence-electron chi connectivity index (χ4n) is 4.62. The van der Waals surface area contributed by atoms with Gasteiger partial charge in [0.25, 0.3) is 0 Å². The first-order valence-electron chi connectivity index (χ1n) is 10.2. The van der Waals surface area contributed by atoms with Gasteiger partial charge in [0.2, 0.25) is 11.9 Å². The van der Waals surface area contributed by atoms with Crippen LogP contribution in [0.1, 0.15) is 44.1 Å². The molecule has 7 heteroatoms. The first-order valence-corrected chi connectivity index (χ1v) is 10.2. The lowest BCUT2D eigenvalue weighted by molar-refractivity contribution is -0.137. The summed E-state index contributed by atoms with van der Waals surface area (Å²) in [6, 6.07) is 0. The van der Waals surface area contributed by atoms with E-state index in [9.17, 15) is 4.79 Å². The van der Waals surface area contributed by atoms with Crippen LogP contribution in [-0.2, 0) is 16.1 Å². The average Bonchev–Trinajstić information content (AvgIpc) is 3.20. The summed E-state index contributed by atoms with van der Waals surface area (Å²) in [4.78, 5) is 25.1. The fourth-order valence-corrected chi connectivity index (χ4v) is 4.62. The van der Waals surface area contributed by atoms with Crippen LogP contribution in [0.4, 0.5) is 5.95 Å². The molecule has 4 rings (SSSR count). The normalized spacial score (nSPS) is 25.9. The van der Waals surface area contributed by atoms with Gasteiger partial charge in [-0.3, -0.25) is 9.69 Å². The predicted octanol–water partition coefficient (Wildman–Crippen LogP) is 1.90. The Kier molecular flexibility index (Phi) is 5.59. The molecule has 1 atom stereocenters. The van der Waals surface area contributed by atoms with E-state index < -0.39 is 0 Å². The number of amides is 1. The first kappa shape index (κ1) is 18.6. The van der Waals surface area contributed by atoms with Gasteiger partial charge in [0.1, 0.15) is 0 Å². The zero-order valence-corrected chi connectivity index (χ0v) is 16.3. The number of carbonyl (C=O) groups excluding carboxylic acids is 1. The molecule has 0 aliphatic carbocycles. The number of anilines is 1. The maximum atomic E-state index is 11.8. The lowest BCUT2D eigenvalue weighted by Gasteiger charge is -2.46. The van der Waals surface area contributed by atoms with E-state index in [1.54, 1.807) is 0 Å². The van der Waals surface area contributed by atoms with Crippen molar-refractivity contribution in [1.29, 1.82) is 0 Å². The SMILES string of the molecule is CN1CC2(CCC1=O)CCN(Cc1cnc(NC[C@H]3CCCO3)nc1)CC2. The number of nitrogens with one attached hydrogen (secondary N) is 1. The van der Waals surface area contributed by atoms with Gasteiger partial charge in [-0.2, -0.15) is 0 Å². The quantitative estimate of drug-likeness (QED) is 0.850. The van der Waals surface area contributed by atoms with Gasteiger partial charge in [-0.05, 0) is 50.6 Å². The molecule has 4 heterocycles. The van der Waals surface area contributed by atoms with E-state index in [1.807, 2.05) is 24.3 Å². The van der Waals surface area contributed by atoms with E-state index in [0.29, 0.717) is 29.8 Å². The maximum Gasteiger partial charge on any atom is 0.222 e. The minimum atomic E-state index is 0.295. The summed E-state index contributed by atoms with van der Waals surface area (Å²) in [5.41, 5.74) is 1.50. The Morgan fingerprint density at radius 3 is 2.70 bits per heavy atom. The van der Waals surface area contributed by atoms with E-state index in [0.717, 1.165) is 64.2 Å². The molecule has 148 valence electrons. The molecule has 0 bridgehead atoms. The topological polar surface area (TPSA) is 70.6 Å². The summed E-state index contributed by atoms with van der Waals surface area (Å²) >= 11 is 0. The number of nitrogens with zero attached hydrogens (tertiary/aromatic N) is 4. The van der Waals surface area contributed by atoms with Crippen molar-refractivity contribution in [3.05, 3.63) is 18.0 Å². The molecule has 3 saturated heterocycles. The van der Waals surface area contributed by atoms with Gasteiger partial charge in [-0.25, -0.2) is 9.97 Å². The van der Waals surface area contributed by atoms with E-state index in [1.165, 1.54) is 12.8 Å². The number of rotatable bonds is 5. The van der Waals surface area contributed by atoms with Crippen LogP contribution < -0.4 is 5.32 Å². The summed E-state index contributed by atoms with van der Waals surface area (Å²) in [5, 5.41) is 3.27.